The standard InChI is InChI=1S/C17H19ClF2N4/c1-21-17(22-8-6-12-2-5-16(18)24-11-12)23-9-7-13-3-4-14(19)10-15(13)20/h2-5,10-11H,6-9H2,1H3,(H2,21,22,23). The maximum absolute atomic E-state index is 13.5. The Morgan fingerprint density at radius 2 is 1.88 bits per heavy atom. The van der Waals surface area contributed by atoms with E-state index in [1.54, 1.807) is 19.3 Å². The first-order chi connectivity index (χ1) is 11.6. The van der Waals surface area contributed by atoms with Crippen LogP contribution in [0.4, 0.5) is 8.78 Å². The first-order valence-corrected chi connectivity index (χ1v) is 7.95. The van der Waals surface area contributed by atoms with Crippen molar-refractivity contribution >= 4 is 17.6 Å². The highest BCUT2D eigenvalue weighted by Gasteiger charge is 2.04. The lowest BCUT2D eigenvalue weighted by Crippen LogP contribution is -2.39. The monoisotopic (exact) mass is 352 g/mol. The van der Waals surface area contributed by atoms with E-state index in [9.17, 15) is 8.78 Å². The summed E-state index contributed by atoms with van der Waals surface area (Å²) in [5, 5.41) is 6.73. The number of halogens is 3. The second-order valence-electron chi connectivity index (χ2n) is 5.15. The minimum Gasteiger partial charge on any atom is -0.356 e. The summed E-state index contributed by atoms with van der Waals surface area (Å²) in [6.07, 6.45) is 2.95. The number of pyridine rings is 1. The quantitative estimate of drug-likeness (QED) is 0.477. The van der Waals surface area contributed by atoms with Gasteiger partial charge in [0.15, 0.2) is 5.96 Å². The molecule has 0 saturated heterocycles. The number of nitrogens with zero attached hydrogens (tertiary/aromatic N) is 2. The third-order valence-electron chi connectivity index (χ3n) is 3.42. The van der Waals surface area contributed by atoms with Crippen LogP contribution >= 0.6 is 11.6 Å². The molecule has 4 nitrogen and oxygen atoms in total. The van der Waals surface area contributed by atoms with E-state index in [-0.39, 0.29) is 0 Å². The number of aliphatic imine (C=N–C) groups is 1. The van der Waals surface area contributed by atoms with E-state index < -0.39 is 11.6 Å². The van der Waals surface area contributed by atoms with Crippen molar-refractivity contribution in [3.05, 3.63) is 64.4 Å². The molecule has 2 rings (SSSR count). The van der Waals surface area contributed by atoms with E-state index in [1.165, 1.54) is 12.1 Å². The molecule has 0 radical (unpaired) electrons. The molecular formula is C17H19ClF2N4. The number of benzene rings is 1. The molecule has 1 heterocycles. The number of rotatable bonds is 6. The predicted octanol–water partition coefficient (Wildman–Crippen LogP) is 2.96. The molecule has 0 atom stereocenters. The molecule has 2 aromatic rings. The van der Waals surface area contributed by atoms with Crippen molar-refractivity contribution in [2.24, 2.45) is 4.99 Å². The molecule has 0 saturated carbocycles. The zero-order valence-electron chi connectivity index (χ0n) is 13.3. The van der Waals surface area contributed by atoms with Gasteiger partial charge in [-0.2, -0.15) is 0 Å². The third kappa shape index (κ3) is 5.77. The Kier molecular flexibility index (Phi) is 6.93. The fourth-order valence-electron chi connectivity index (χ4n) is 2.14. The van der Waals surface area contributed by atoms with Crippen LogP contribution in [0.25, 0.3) is 0 Å². The van der Waals surface area contributed by atoms with E-state index in [0.717, 1.165) is 18.1 Å². The van der Waals surface area contributed by atoms with Gasteiger partial charge in [-0.15, -0.1) is 0 Å². The van der Waals surface area contributed by atoms with Gasteiger partial charge in [-0.1, -0.05) is 23.7 Å². The average molecular weight is 353 g/mol. The van der Waals surface area contributed by atoms with Crippen LogP contribution in [0.3, 0.4) is 0 Å². The topological polar surface area (TPSA) is 49.3 Å². The number of hydrogen-bond acceptors (Lipinski definition) is 2. The number of aromatic nitrogens is 1. The van der Waals surface area contributed by atoms with Gasteiger partial charge in [0, 0.05) is 32.4 Å². The van der Waals surface area contributed by atoms with Gasteiger partial charge in [0.1, 0.15) is 16.8 Å². The maximum Gasteiger partial charge on any atom is 0.190 e. The van der Waals surface area contributed by atoms with Crippen LogP contribution in [0.15, 0.2) is 41.5 Å². The summed E-state index contributed by atoms with van der Waals surface area (Å²) in [5.41, 5.74) is 1.53. The fourth-order valence-corrected chi connectivity index (χ4v) is 2.25. The molecule has 0 aliphatic heterocycles. The molecule has 0 unspecified atom stereocenters. The van der Waals surface area contributed by atoms with Crippen molar-refractivity contribution in [1.82, 2.24) is 15.6 Å². The minimum atomic E-state index is -0.571. The molecule has 0 bridgehead atoms. The summed E-state index contributed by atoms with van der Waals surface area (Å²) in [6, 6.07) is 7.27. The highest BCUT2D eigenvalue weighted by Crippen LogP contribution is 2.09. The van der Waals surface area contributed by atoms with E-state index >= 15 is 0 Å². The predicted molar refractivity (Wildman–Crippen MR) is 92.4 cm³/mol. The summed E-state index contributed by atoms with van der Waals surface area (Å²) in [6.45, 7) is 1.17. The van der Waals surface area contributed by atoms with Crippen LogP contribution in [-0.4, -0.2) is 31.1 Å². The highest BCUT2D eigenvalue weighted by atomic mass is 35.5. The molecule has 2 N–H and O–H groups in total. The molecule has 128 valence electrons. The lowest BCUT2D eigenvalue weighted by Gasteiger charge is -2.12. The Labute approximate surface area is 145 Å². The van der Waals surface area contributed by atoms with Crippen LogP contribution in [-0.2, 0) is 12.8 Å². The molecule has 0 spiro atoms. The smallest absolute Gasteiger partial charge is 0.190 e. The molecule has 0 fully saturated rings. The first-order valence-electron chi connectivity index (χ1n) is 7.57. The van der Waals surface area contributed by atoms with Gasteiger partial charge < -0.3 is 10.6 Å². The van der Waals surface area contributed by atoms with E-state index in [2.05, 4.69) is 20.6 Å². The Bertz CT molecular complexity index is 689. The highest BCUT2D eigenvalue weighted by molar-refractivity contribution is 6.29. The molecule has 0 aliphatic carbocycles. The van der Waals surface area contributed by atoms with E-state index in [4.69, 9.17) is 11.6 Å². The minimum absolute atomic E-state index is 0.438. The summed E-state index contributed by atoms with van der Waals surface area (Å²) in [7, 11) is 1.66. The molecular weight excluding hydrogens is 334 g/mol. The lowest BCUT2D eigenvalue weighted by molar-refractivity contribution is 0.570. The van der Waals surface area contributed by atoms with Crippen molar-refractivity contribution in [1.29, 1.82) is 0 Å². The molecule has 24 heavy (non-hydrogen) atoms. The van der Waals surface area contributed by atoms with Crippen LogP contribution in [0.1, 0.15) is 11.1 Å². The van der Waals surface area contributed by atoms with Gasteiger partial charge in [0.25, 0.3) is 0 Å². The summed E-state index contributed by atoms with van der Waals surface area (Å²) < 4.78 is 26.4. The van der Waals surface area contributed by atoms with Crippen LogP contribution < -0.4 is 10.6 Å². The molecule has 7 heteroatoms. The number of hydrogen-bond donors (Lipinski definition) is 2. The lowest BCUT2D eigenvalue weighted by atomic mass is 10.1. The van der Waals surface area contributed by atoms with Crippen molar-refractivity contribution in [2.45, 2.75) is 12.8 Å². The van der Waals surface area contributed by atoms with Crippen molar-refractivity contribution in [3.63, 3.8) is 0 Å². The molecule has 0 amide bonds. The maximum atomic E-state index is 13.5. The molecule has 1 aromatic carbocycles. The number of guanidine groups is 1. The van der Waals surface area contributed by atoms with Gasteiger partial charge in [-0.3, -0.25) is 4.99 Å². The van der Waals surface area contributed by atoms with Gasteiger partial charge in [-0.05, 0) is 36.1 Å². The van der Waals surface area contributed by atoms with Gasteiger partial charge in [-0.25, -0.2) is 13.8 Å². The SMILES string of the molecule is CN=C(NCCc1ccc(Cl)nc1)NCCc1ccc(F)cc1F. The molecule has 1 aromatic heterocycles. The first kappa shape index (κ1) is 18.1. The van der Waals surface area contributed by atoms with Crippen molar-refractivity contribution < 1.29 is 8.78 Å². The Morgan fingerprint density at radius 3 is 2.50 bits per heavy atom. The number of nitrogens with one attached hydrogen (secondary N) is 2. The average Bonchev–Trinajstić information content (AvgIpc) is 2.57. The Morgan fingerprint density at radius 1 is 1.12 bits per heavy atom. The molecule has 0 aliphatic rings. The zero-order valence-corrected chi connectivity index (χ0v) is 14.1. The van der Waals surface area contributed by atoms with Crippen LogP contribution in [0.2, 0.25) is 5.15 Å². The van der Waals surface area contributed by atoms with E-state index in [0.29, 0.717) is 36.2 Å². The zero-order chi connectivity index (χ0) is 17.4. The van der Waals surface area contributed by atoms with Gasteiger partial charge in [0.2, 0.25) is 0 Å². The van der Waals surface area contributed by atoms with Gasteiger partial charge in [0.05, 0.1) is 0 Å². The summed E-state index contributed by atoms with van der Waals surface area (Å²) in [5.74, 6) is -0.479. The second kappa shape index (κ2) is 9.17. The van der Waals surface area contributed by atoms with Crippen molar-refractivity contribution in [2.75, 3.05) is 20.1 Å². The van der Waals surface area contributed by atoms with Crippen molar-refractivity contribution in [3.8, 4) is 0 Å². The Hall–Kier alpha value is -2.21. The second-order valence-corrected chi connectivity index (χ2v) is 5.54. The largest absolute Gasteiger partial charge is 0.356 e. The van der Waals surface area contributed by atoms with Gasteiger partial charge >= 0.3 is 0 Å². The van der Waals surface area contributed by atoms with E-state index in [1.807, 2.05) is 6.07 Å². The third-order valence-corrected chi connectivity index (χ3v) is 3.64. The fraction of sp³-hybridized carbons (Fsp3) is 0.294. The summed E-state index contributed by atoms with van der Waals surface area (Å²) in [4.78, 5) is 8.13. The summed E-state index contributed by atoms with van der Waals surface area (Å²) >= 11 is 5.74. The van der Waals surface area contributed by atoms with Crippen LogP contribution in [0, 0.1) is 11.6 Å². The van der Waals surface area contributed by atoms with Crippen LogP contribution in [0.5, 0.6) is 0 Å². The normalized spacial score (nSPS) is 11.4. The Balaban J connectivity index is 1.73.